The lowest BCUT2D eigenvalue weighted by Crippen LogP contribution is -2.19. The molecule has 1 aromatic carbocycles. The molecule has 3 rings (SSSR count). The van der Waals surface area contributed by atoms with Gasteiger partial charge in [-0.3, -0.25) is 0 Å². The van der Waals surface area contributed by atoms with E-state index >= 15 is 0 Å². The Kier molecular flexibility index (Phi) is 2.48. The number of nitrogen functional groups attached to an aromatic ring is 1. The van der Waals surface area contributed by atoms with E-state index in [9.17, 15) is 0 Å². The monoisotopic (exact) mass is 249 g/mol. The molecule has 0 saturated heterocycles. The van der Waals surface area contributed by atoms with Crippen LogP contribution in [0.2, 0.25) is 5.02 Å². The highest BCUT2D eigenvalue weighted by molar-refractivity contribution is 6.33. The predicted molar refractivity (Wildman–Crippen MR) is 65.6 cm³/mol. The molecule has 0 atom stereocenters. The van der Waals surface area contributed by atoms with Gasteiger partial charge in [0.1, 0.15) is 0 Å². The number of nitrogens with two attached hydrogens (primary N) is 1. The number of halogens is 1. The number of hydrogen-bond acceptors (Lipinski definition) is 4. The van der Waals surface area contributed by atoms with Gasteiger partial charge in [-0.15, -0.1) is 5.10 Å². The Bertz CT molecular complexity index is 547. The summed E-state index contributed by atoms with van der Waals surface area (Å²) >= 11 is 6.01. The van der Waals surface area contributed by atoms with E-state index in [0.717, 1.165) is 18.4 Å². The molecule has 0 spiro atoms. The van der Waals surface area contributed by atoms with Gasteiger partial charge in [-0.2, -0.15) is 0 Å². The fourth-order valence-corrected chi connectivity index (χ4v) is 2.15. The molecule has 5 nitrogen and oxygen atoms in total. The van der Waals surface area contributed by atoms with Gasteiger partial charge in [0.2, 0.25) is 0 Å². The normalized spacial score (nSPS) is 15.8. The lowest BCUT2D eigenvalue weighted by atomic mass is 9.93. The molecule has 1 aromatic heterocycles. The van der Waals surface area contributed by atoms with E-state index in [-0.39, 0.29) is 0 Å². The minimum atomic E-state index is 0.401. The number of hydrogen-bond donors (Lipinski definition) is 1. The summed E-state index contributed by atoms with van der Waals surface area (Å²) in [6, 6.07) is 5.91. The topological polar surface area (TPSA) is 69.6 Å². The number of tetrazole rings is 1. The summed E-state index contributed by atoms with van der Waals surface area (Å²) in [5, 5.41) is 12.4. The fourth-order valence-electron chi connectivity index (χ4n) is 1.98. The van der Waals surface area contributed by atoms with Crippen molar-refractivity contribution in [1.29, 1.82) is 0 Å². The van der Waals surface area contributed by atoms with Crippen molar-refractivity contribution in [1.82, 2.24) is 20.2 Å². The van der Waals surface area contributed by atoms with Crippen LogP contribution in [0.5, 0.6) is 0 Å². The van der Waals surface area contributed by atoms with E-state index in [1.54, 1.807) is 6.07 Å². The lowest BCUT2D eigenvalue weighted by molar-refractivity contribution is 0.287. The van der Waals surface area contributed by atoms with Gasteiger partial charge in [0, 0.05) is 5.56 Å². The van der Waals surface area contributed by atoms with Gasteiger partial charge in [0.15, 0.2) is 5.82 Å². The Morgan fingerprint density at radius 2 is 2.18 bits per heavy atom. The zero-order chi connectivity index (χ0) is 11.8. The molecule has 0 radical (unpaired) electrons. The number of anilines is 1. The Hall–Kier alpha value is -1.62. The maximum atomic E-state index is 6.01. The number of aromatic nitrogens is 4. The molecule has 2 N–H and O–H groups in total. The fraction of sp³-hybridized carbons (Fsp3) is 0.364. The van der Waals surface area contributed by atoms with E-state index in [1.807, 2.05) is 16.8 Å². The molecule has 0 amide bonds. The minimum Gasteiger partial charge on any atom is -0.397 e. The molecule has 0 aliphatic heterocycles. The van der Waals surface area contributed by atoms with Crippen LogP contribution in [-0.2, 0) is 0 Å². The van der Waals surface area contributed by atoms with Crippen molar-refractivity contribution in [3.63, 3.8) is 0 Å². The maximum absolute atomic E-state index is 6.01. The van der Waals surface area contributed by atoms with Gasteiger partial charge in [0.05, 0.1) is 16.8 Å². The smallest absolute Gasteiger partial charge is 0.184 e. The molecule has 1 aliphatic carbocycles. The largest absolute Gasteiger partial charge is 0.397 e. The average molecular weight is 250 g/mol. The highest BCUT2D eigenvalue weighted by Gasteiger charge is 2.25. The minimum absolute atomic E-state index is 0.401. The number of rotatable bonds is 2. The molecular formula is C11H12ClN5. The first-order valence-electron chi connectivity index (χ1n) is 5.59. The van der Waals surface area contributed by atoms with Crippen molar-refractivity contribution < 1.29 is 0 Å². The summed E-state index contributed by atoms with van der Waals surface area (Å²) in [7, 11) is 0. The third-order valence-electron chi connectivity index (χ3n) is 3.21. The highest BCUT2D eigenvalue weighted by atomic mass is 35.5. The van der Waals surface area contributed by atoms with E-state index in [1.165, 1.54) is 6.42 Å². The highest BCUT2D eigenvalue weighted by Crippen LogP contribution is 2.36. The van der Waals surface area contributed by atoms with Crippen molar-refractivity contribution in [3.05, 3.63) is 23.2 Å². The van der Waals surface area contributed by atoms with Crippen molar-refractivity contribution in [2.75, 3.05) is 5.73 Å². The molecule has 17 heavy (non-hydrogen) atoms. The second kappa shape index (κ2) is 4.00. The number of nitrogens with zero attached hydrogens (tertiary/aromatic N) is 4. The van der Waals surface area contributed by atoms with E-state index in [0.29, 0.717) is 22.6 Å². The zero-order valence-electron chi connectivity index (χ0n) is 9.17. The quantitative estimate of drug-likeness (QED) is 0.829. The Morgan fingerprint density at radius 3 is 2.88 bits per heavy atom. The van der Waals surface area contributed by atoms with Crippen molar-refractivity contribution >= 4 is 17.3 Å². The van der Waals surface area contributed by atoms with Crippen molar-refractivity contribution in [2.24, 2.45) is 0 Å². The Morgan fingerprint density at radius 1 is 1.35 bits per heavy atom. The molecule has 88 valence electrons. The Balaban J connectivity index is 2.09. The van der Waals surface area contributed by atoms with E-state index < -0.39 is 0 Å². The summed E-state index contributed by atoms with van der Waals surface area (Å²) in [6.07, 6.45) is 3.48. The molecule has 2 aromatic rings. The van der Waals surface area contributed by atoms with Gasteiger partial charge in [-0.1, -0.05) is 17.7 Å². The predicted octanol–water partition coefficient (Wildman–Crippen LogP) is 2.30. The second-order valence-electron chi connectivity index (χ2n) is 4.23. The first-order valence-corrected chi connectivity index (χ1v) is 5.97. The van der Waals surface area contributed by atoms with Crippen LogP contribution in [0.25, 0.3) is 11.4 Å². The number of para-hydroxylation sites is 1. The average Bonchev–Trinajstić information content (AvgIpc) is 2.68. The summed E-state index contributed by atoms with van der Waals surface area (Å²) < 4.78 is 1.85. The van der Waals surface area contributed by atoms with Gasteiger partial charge >= 0.3 is 0 Å². The second-order valence-corrected chi connectivity index (χ2v) is 4.64. The summed E-state index contributed by atoms with van der Waals surface area (Å²) in [5.41, 5.74) is 7.29. The molecule has 1 heterocycles. The van der Waals surface area contributed by atoms with E-state index in [4.69, 9.17) is 17.3 Å². The van der Waals surface area contributed by atoms with Crippen LogP contribution in [0.15, 0.2) is 18.2 Å². The molecular weight excluding hydrogens is 238 g/mol. The molecule has 1 saturated carbocycles. The zero-order valence-corrected chi connectivity index (χ0v) is 9.93. The molecule has 1 fully saturated rings. The van der Waals surface area contributed by atoms with Crippen LogP contribution in [0, 0.1) is 0 Å². The standard InChI is InChI=1S/C11H12ClN5/c12-9-6-2-5-8(10(9)13)11-14-15-16-17(11)7-3-1-4-7/h2,5-7H,1,3-4,13H2. The SMILES string of the molecule is Nc1c(Cl)cccc1-c1nnnn1C1CCC1. The van der Waals surface area contributed by atoms with Crippen LogP contribution in [0.3, 0.4) is 0 Å². The van der Waals surface area contributed by atoms with E-state index in [2.05, 4.69) is 15.5 Å². The summed E-state index contributed by atoms with van der Waals surface area (Å²) in [6.45, 7) is 0. The molecule has 0 unspecified atom stereocenters. The Labute approximate surface area is 104 Å². The van der Waals surface area contributed by atoms with Gasteiger partial charge in [-0.05, 0) is 41.8 Å². The van der Waals surface area contributed by atoms with Gasteiger partial charge < -0.3 is 5.73 Å². The first-order chi connectivity index (χ1) is 8.27. The lowest BCUT2D eigenvalue weighted by Gasteiger charge is -2.26. The van der Waals surface area contributed by atoms with Crippen LogP contribution >= 0.6 is 11.6 Å². The van der Waals surface area contributed by atoms with Crippen LogP contribution in [0.4, 0.5) is 5.69 Å². The van der Waals surface area contributed by atoms with Crippen molar-refractivity contribution in [2.45, 2.75) is 25.3 Å². The van der Waals surface area contributed by atoms with Crippen LogP contribution < -0.4 is 5.73 Å². The third kappa shape index (κ3) is 1.67. The van der Waals surface area contributed by atoms with Gasteiger partial charge in [-0.25, -0.2) is 4.68 Å². The number of benzene rings is 1. The van der Waals surface area contributed by atoms with Gasteiger partial charge in [0.25, 0.3) is 0 Å². The van der Waals surface area contributed by atoms with Crippen LogP contribution in [-0.4, -0.2) is 20.2 Å². The molecule has 6 heteroatoms. The first kappa shape index (κ1) is 10.5. The summed E-state index contributed by atoms with van der Waals surface area (Å²) in [4.78, 5) is 0. The molecule has 0 bridgehead atoms. The maximum Gasteiger partial charge on any atom is 0.184 e. The summed E-state index contributed by atoms with van der Waals surface area (Å²) in [5.74, 6) is 0.703. The van der Waals surface area contributed by atoms with Crippen LogP contribution in [0.1, 0.15) is 25.3 Å². The van der Waals surface area contributed by atoms with Crippen molar-refractivity contribution in [3.8, 4) is 11.4 Å². The molecule has 1 aliphatic rings. The third-order valence-corrected chi connectivity index (χ3v) is 3.54.